The minimum Gasteiger partial charge on any atom is -0.507 e. The van der Waals surface area contributed by atoms with Gasteiger partial charge in [0.2, 0.25) is 0 Å². The molecule has 11 heteroatoms. The molecular weight excluding hydrogens is 531 g/mol. The van der Waals surface area contributed by atoms with Crippen molar-refractivity contribution in [3.63, 3.8) is 0 Å². The number of ether oxygens (including phenoxy) is 1. The summed E-state index contributed by atoms with van der Waals surface area (Å²) in [5.74, 6) is -0.230. The molecule has 0 radical (unpaired) electrons. The third-order valence-corrected chi connectivity index (χ3v) is 6.90. The van der Waals surface area contributed by atoms with E-state index >= 15 is 0 Å². The largest absolute Gasteiger partial charge is 0.507 e. The van der Waals surface area contributed by atoms with Crippen molar-refractivity contribution in [1.29, 1.82) is 0 Å². The Hall–Kier alpha value is -4.08. The molecule has 2 heterocycles. The van der Waals surface area contributed by atoms with E-state index in [2.05, 4.69) is 30.0 Å². The van der Waals surface area contributed by atoms with Gasteiger partial charge in [0, 0.05) is 18.5 Å². The molecule has 1 aliphatic rings. The second kappa shape index (κ2) is 9.66. The van der Waals surface area contributed by atoms with Gasteiger partial charge < -0.3 is 14.7 Å². The van der Waals surface area contributed by atoms with Gasteiger partial charge in [-0.2, -0.15) is 9.78 Å². The number of amides is 1. The minimum absolute atomic E-state index is 0.0581. The first-order valence-corrected chi connectivity index (χ1v) is 12.4. The normalized spacial score (nSPS) is 14.2. The Morgan fingerprint density at radius 2 is 1.79 bits per heavy atom. The van der Waals surface area contributed by atoms with Crippen LogP contribution in [0, 0.1) is 0 Å². The highest BCUT2D eigenvalue weighted by atomic mass is 35.5. The van der Waals surface area contributed by atoms with Gasteiger partial charge in [0.25, 0.3) is 11.5 Å². The summed E-state index contributed by atoms with van der Waals surface area (Å²) in [4.78, 5) is 40.7. The van der Waals surface area contributed by atoms with Crippen molar-refractivity contribution in [1.82, 2.24) is 19.7 Å². The summed E-state index contributed by atoms with van der Waals surface area (Å²) in [5, 5.41) is 14.4. The molecule has 5 rings (SSSR count). The van der Waals surface area contributed by atoms with Crippen LogP contribution in [0.25, 0.3) is 5.69 Å². The highest BCUT2D eigenvalue weighted by molar-refractivity contribution is 6.37. The second-order valence-corrected chi connectivity index (χ2v) is 10.4. The van der Waals surface area contributed by atoms with Gasteiger partial charge in [0.05, 0.1) is 21.3 Å². The molecule has 4 aromatic rings. The van der Waals surface area contributed by atoms with E-state index in [1.807, 2.05) is 18.2 Å². The van der Waals surface area contributed by atoms with Crippen LogP contribution < -0.4 is 16.0 Å². The van der Waals surface area contributed by atoms with E-state index < -0.39 is 11.2 Å². The zero-order valence-corrected chi connectivity index (χ0v) is 21.9. The van der Waals surface area contributed by atoms with Crippen molar-refractivity contribution < 1.29 is 14.6 Å². The smallest absolute Gasteiger partial charge is 0.349 e. The Kier molecular flexibility index (Phi) is 6.50. The predicted molar refractivity (Wildman–Crippen MR) is 143 cm³/mol. The lowest BCUT2D eigenvalue weighted by molar-refractivity contribution is 0.0683. The summed E-state index contributed by atoms with van der Waals surface area (Å²) in [6.07, 6.45) is 0.949. The van der Waals surface area contributed by atoms with Crippen LogP contribution in [0.15, 0.2) is 70.4 Å². The number of nitrogens with one attached hydrogen (secondary N) is 1. The van der Waals surface area contributed by atoms with E-state index in [0.29, 0.717) is 13.1 Å². The lowest BCUT2D eigenvalue weighted by atomic mass is 9.78. The van der Waals surface area contributed by atoms with Crippen molar-refractivity contribution in [2.45, 2.75) is 25.8 Å². The number of H-pyrrole nitrogens is 1. The van der Waals surface area contributed by atoms with Gasteiger partial charge in [-0.15, -0.1) is 0 Å². The molecule has 0 saturated carbocycles. The number of hydrogen-bond donors (Lipinski definition) is 2. The van der Waals surface area contributed by atoms with Crippen molar-refractivity contribution in [2.75, 3.05) is 6.54 Å². The number of aromatic hydroxyl groups is 1. The average Bonchev–Trinajstić information content (AvgIpc) is 2.86. The first-order chi connectivity index (χ1) is 18.0. The van der Waals surface area contributed by atoms with Gasteiger partial charge in [0.1, 0.15) is 17.7 Å². The maximum absolute atomic E-state index is 13.5. The fourth-order valence-electron chi connectivity index (χ4n) is 4.63. The summed E-state index contributed by atoms with van der Waals surface area (Å²) in [6, 6.07) is 15.1. The molecule has 1 aromatic heterocycles. The predicted octanol–water partition coefficient (Wildman–Crippen LogP) is 4.66. The standard InChI is InChI=1S/C27H22Cl2N4O5/c1-27(2)14-32(13-15-5-3-4-6-19(15)27)25(36)18-11-17(7-8-22(18)34)38-24-20(28)9-16(10-21(24)29)33-26(37)31-23(35)12-30-33/h3-12,34H,13-14H2,1-2H3,(H,31,35,37). The van der Waals surface area contributed by atoms with Crippen LogP contribution in [0.4, 0.5) is 0 Å². The molecule has 0 unspecified atom stereocenters. The molecule has 0 spiro atoms. The fourth-order valence-corrected chi connectivity index (χ4v) is 5.18. The number of hydrogen-bond acceptors (Lipinski definition) is 6. The summed E-state index contributed by atoms with van der Waals surface area (Å²) in [7, 11) is 0. The monoisotopic (exact) mass is 552 g/mol. The Bertz CT molecular complexity index is 1670. The lowest BCUT2D eigenvalue weighted by Crippen LogP contribution is -2.45. The number of fused-ring (bicyclic) bond motifs is 1. The van der Waals surface area contributed by atoms with Gasteiger partial charge in [0.15, 0.2) is 5.75 Å². The quantitative estimate of drug-likeness (QED) is 0.380. The number of phenolic OH excluding ortho intramolecular Hbond substituents is 1. The van der Waals surface area contributed by atoms with E-state index in [-0.39, 0.29) is 49.9 Å². The van der Waals surface area contributed by atoms with Crippen LogP contribution in [0.2, 0.25) is 10.0 Å². The van der Waals surface area contributed by atoms with Gasteiger partial charge >= 0.3 is 5.69 Å². The molecule has 3 aromatic carbocycles. The van der Waals surface area contributed by atoms with Crippen molar-refractivity contribution in [2.24, 2.45) is 0 Å². The Balaban J connectivity index is 1.44. The Morgan fingerprint density at radius 1 is 1.08 bits per heavy atom. The number of phenols is 1. The molecule has 1 aliphatic heterocycles. The zero-order valence-electron chi connectivity index (χ0n) is 20.4. The van der Waals surface area contributed by atoms with Gasteiger partial charge in [-0.1, -0.05) is 61.3 Å². The van der Waals surface area contributed by atoms with Crippen LogP contribution in [0.1, 0.15) is 35.3 Å². The van der Waals surface area contributed by atoms with E-state index in [1.54, 1.807) is 4.90 Å². The number of aromatic amines is 1. The minimum atomic E-state index is -0.761. The third-order valence-electron chi connectivity index (χ3n) is 6.34. The van der Waals surface area contributed by atoms with Crippen LogP contribution in [0.5, 0.6) is 17.2 Å². The first-order valence-electron chi connectivity index (χ1n) is 11.6. The number of aromatic nitrogens is 3. The van der Waals surface area contributed by atoms with E-state index in [0.717, 1.165) is 16.4 Å². The summed E-state index contributed by atoms with van der Waals surface area (Å²) in [6.45, 7) is 5.05. The number of halogens is 2. The van der Waals surface area contributed by atoms with Gasteiger partial charge in [-0.25, -0.2) is 4.79 Å². The molecule has 38 heavy (non-hydrogen) atoms. The van der Waals surface area contributed by atoms with E-state index in [1.165, 1.54) is 35.9 Å². The van der Waals surface area contributed by atoms with Gasteiger partial charge in [-0.05, 0) is 41.5 Å². The number of rotatable bonds is 4. The molecule has 0 aliphatic carbocycles. The van der Waals surface area contributed by atoms with E-state index in [4.69, 9.17) is 27.9 Å². The van der Waals surface area contributed by atoms with Gasteiger partial charge in [-0.3, -0.25) is 14.6 Å². The maximum Gasteiger partial charge on any atom is 0.349 e. The van der Waals surface area contributed by atoms with Crippen LogP contribution in [-0.4, -0.2) is 37.2 Å². The fraction of sp³-hybridized carbons (Fsp3) is 0.185. The molecule has 1 amide bonds. The average molecular weight is 553 g/mol. The van der Waals surface area contributed by atoms with Crippen molar-refractivity contribution in [3.8, 4) is 22.9 Å². The number of benzene rings is 3. The molecule has 0 saturated heterocycles. The lowest BCUT2D eigenvalue weighted by Gasteiger charge is -2.40. The molecule has 2 N–H and O–H groups in total. The molecule has 9 nitrogen and oxygen atoms in total. The first kappa shape index (κ1) is 25.6. The molecule has 194 valence electrons. The SMILES string of the molecule is CC1(C)CN(C(=O)c2cc(Oc3c(Cl)cc(-n4ncc(=O)[nH]c4=O)cc3Cl)ccc2O)Cc2ccccc21. The zero-order chi connectivity index (χ0) is 27.2. The highest BCUT2D eigenvalue weighted by Gasteiger charge is 2.34. The molecule has 0 atom stereocenters. The molecule has 0 fully saturated rings. The van der Waals surface area contributed by atoms with Crippen LogP contribution in [0.3, 0.4) is 0 Å². The number of carbonyl (C=O) groups excluding carboxylic acids is 1. The molecule has 0 bridgehead atoms. The summed E-state index contributed by atoms with van der Waals surface area (Å²) in [5.41, 5.74) is 0.867. The number of nitrogens with zero attached hydrogens (tertiary/aromatic N) is 3. The van der Waals surface area contributed by atoms with Crippen molar-refractivity contribution >= 4 is 29.1 Å². The second-order valence-electron chi connectivity index (χ2n) is 9.57. The summed E-state index contributed by atoms with van der Waals surface area (Å²) >= 11 is 12.8. The van der Waals surface area contributed by atoms with E-state index in [9.17, 15) is 19.5 Å². The Morgan fingerprint density at radius 3 is 2.50 bits per heavy atom. The summed E-state index contributed by atoms with van der Waals surface area (Å²) < 4.78 is 6.83. The van der Waals surface area contributed by atoms with Crippen molar-refractivity contribution in [3.05, 3.63) is 108 Å². The molecular formula is C27H22Cl2N4O5. The van der Waals surface area contributed by atoms with Crippen LogP contribution in [-0.2, 0) is 12.0 Å². The maximum atomic E-state index is 13.5. The Labute approximate surface area is 226 Å². The third kappa shape index (κ3) is 4.78. The van der Waals surface area contributed by atoms with Crippen LogP contribution >= 0.6 is 23.2 Å². The highest BCUT2D eigenvalue weighted by Crippen LogP contribution is 2.40. The topological polar surface area (TPSA) is 118 Å². The number of carbonyl (C=O) groups is 1.